The SMILES string of the molecule is COCCC1CN(C(=O)c2ccc(C(C)(C)C)cc2)CCO1. The van der Waals surface area contributed by atoms with Crippen LogP contribution in [0.15, 0.2) is 24.3 Å². The summed E-state index contributed by atoms with van der Waals surface area (Å²) < 4.78 is 10.8. The molecule has 1 amide bonds. The fraction of sp³-hybridized carbons (Fsp3) is 0.611. The summed E-state index contributed by atoms with van der Waals surface area (Å²) in [5.41, 5.74) is 2.09. The summed E-state index contributed by atoms with van der Waals surface area (Å²) in [6.07, 6.45) is 0.898. The number of nitrogens with zero attached hydrogens (tertiary/aromatic N) is 1. The smallest absolute Gasteiger partial charge is 0.254 e. The summed E-state index contributed by atoms with van der Waals surface area (Å²) in [6.45, 7) is 9.07. The Balaban J connectivity index is 2.01. The summed E-state index contributed by atoms with van der Waals surface area (Å²) in [4.78, 5) is 14.5. The molecule has 1 aromatic rings. The first kappa shape index (κ1) is 17.0. The molecule has 0 radical (unpaired) electrons. The van der Waals surface area contributed by atoms with E-state index in [1.165, 1.54) is 5.56 Å². The van der Waals surface area contributed by atoms with Gasteiger partial charge in [-0.1, -0.05) is 32.9 Å². The molecule has 1 heterocycles. The largest absolute Gasteiger partial charge is 0.385 e. The molecule has 1 saturated heterocycles. The van der Waals surface area contributed by atoms with E-state index in [1.54, 1.807) is 7.11 Å². The Labute approximate surface area is 133 Å². The molecular weight excluding hydrogens is 278 g/mol. The van der Waals surface area contributed by atoms with Crippen molar-refractivity contribution in [3.05, 3.63) is 35.4 Å². The lowest BCUT2D eigenvalue weighted by Gasteiger charge is -2.33. The van der Waals surface area contributed by atoms with Gasteiger partial charge in [-0.3, -0.25) is 4.79 Å². The molecule has 4 heteroatoms. The van der Waals surface area contributed by atoms with Gasteiger partial charge < -0.3 is 14.4 Å². The van der Waals surface area contributed by atoms with Crippen molar-refractivity contribution in [3.63, 3.8) is 0 Å². The van der Waals surface area contributed by atoms with Gasteiger partial charge in [-0.2, -0.15) is 0 Å². The average molecular weight is 305 g/mol. The zero-order valence-corrected chi connectivity index (χ0v) is 14.1. The third kappa shape index (κ3) is 4.31. The molecule has 1 aliphatic rings. The van der Waals surface area contributed by atoms with Crippen molar-refractivity contribution in [1.29, 1.82) is 0 Å². The van der Waals surface area contributed by atoms with E-state index in [1.807, 2.05) is 17.0 Å². The molecular formula is C18H27NO3. The number of hydrogen-bond acceptors (Lipinski definition) is 3. The zero-order valence-electron chi connectivity index (χ0n) is 14.1. The van der Waals surface area contributed by atoms with Crippen LogP contribution in [0.2, 0.25) is 0 Å². The number of benzene rings is 1. The highest BCUT2D eigenvalue weighted by molar-refractivity contribution is 5.94. The normalized spacial score (nSPS) is 19.3. The standard InChI is InChI=1S/C18H27NO3/c1-18(2,3)15-7-5-14(6-8-15)17(20)19-10-12-22-16(13-19)9-11-21-4/h5-8,16H,9-13H2,1-4H3. The van der Waals surface area contributed by atoms with E-state index >= 15 is 0 Å². The van der Waals surface area contributed by atoms with Crippen molar-refractivity contribution >= 4 is 5.91 Å². The fourth-order valence-electron chi connectivity index (χ4n) is 2.62. The lowest BCUT2D eigenvalue weighted by Crippen LogP contribution is -2.46. The van der Waals surface area contributed by atoms with Gasteiger partial charge in [-0.25, -0.2) is 0 Å². The predicted octanol–water partition coefficient (Wildman–Crippen LogP) is 2.86. The molecule has 1 aromatic carbocycles. The molecule has 0 bridgehead atoms. The van der Waals surface area contributed by atoms with Crippen LogP contribution in [0.3, 0.4) is 0 Å². The van der Waals surface area contributed by atoms with E-state index < -0.39 is 0 Å². The summed E-state index contributed by atoms with van der Waals surface area (Å²) in [7, 11) is 1.68. The Morgan fingerprint density at radius 1 is 1.32 bits per heavy atom. The number of rotatable bonds is 4. The van der Waals surface area contributed by atoms with Crippen LogP contribution < -0.4 is 0 Å². The predicted molar refractivity (Wildman–Crippen MR) is 87.3 cm³/mol. The van der Waals surface area contributed by atoms with Gasteiger partial charge >= 0.3 is 0 Å². The lowest BCUT2D eigenvalue weighted by molar-refractivity contribution is -0.0332. The van der Waals surface area contributed by atoms with E-state index in [0.29, 0.717) is 26.3 Å². The third-order valence-corrected chi connectivity index (χ3v) is 4.07. The minimum Gasteiger partial charge on any atom is -0.385 e. The summed E-state index contributed by atoms with van der Waals surface area (Å²) >= 11 is 0. The Kier molecular flexibility index (Phi) is 5.59. The molecule has 22 heavy (non-hydrogen) atoms. The van der Waals surface area contributed by atoms with Gasteiger partial charge in [-0.15, -0.1) is 0 Å². The van der Waals surface area contributed by atoms with Crippen molar-refractivity contribution in [2.45, 2.75) is 38.7 Å². The second-order valence-corrected chi connectivity index (χ2v) is 6.85. The molecule has 0 N–H and O–H groups in total. The lowest BCUT2D eigenvalue weighted by atomic mass is 9.86. The number of morpholine rings is 1. The van der Waals surface area contributed by atoms with Crippen LogP contribution in [0.1, 0.15) is 43.1 Å². The van der Waals surface area contributed by atoms with Gasteiger partial charge in [0, 0.05) is 32.4 Å². The molecule has 0 aromatic heterocycles. The summed E-state index contributed by atoms with van der Waals surface area (Å²) in [5.74, 6) is 0.0891. The maximum absolute atomic E-state index is 12.6. The van der Waals surface area contributed by atoms with Gasteiger partial charge in [0.15, 0.2) is 0 Å². The number of ether oxygens (including phenoxy) is 2. The Bertz CT molecular complexity index is 490. The van der Waals surface area contributed by atoms with Crippen LogP contribution in [-0.4, -0.2) is 50.3 Å². The highest BCUT2D eigenvalue weighted by atomic mass is 16.5. The zero-order chi connectivity index (χ0) is 16.2. The first-order valence-electron chi connectivity index (χ1n) is 7.92. The number of hydrogen-bond donors (Lipinski definition) is 0. The van der Waals surface area contributed by atoms with Gasteiger partial charge in [-0.05, 0) is 29.5 Å². The topological polar surface area (TPSA) is 38.8 Å². The van der Waals surface area contributed by atoms with Crippen LogP contribution in [0.4, 0.5) is 0 Å². The molecule has 2 rings (SSSR count). The van der Waals surface area contributed by atoms with Crippen LogP contribution in [0.25, 0.3) is 0 Å². The van der Waals surface area contributed by atoms with E-state index in [-0.39, 0.29) is 17.4 Å². The molecule has 1 atom stereocenters. The number of carbonyl (C=O) groups is 1. The molecule has 0 aliphatic carbocycles. The quantitative estimate of drug-likeness (QED) is 0.858. The van der Waals surface area contributed by atoms with E-state index in [0.717, 1.165) is 12.0 Å². The first-order chi connectivity index (χ1) is 10.4. The van der Waals surface area contributed by atoms with Crippen molar-refractivity contribution in [2.24, 2.45) is 0 Å². The second-order valence-electron chi connectivity index (χ2n) is 6.85. The highest BCUT2D eigenvalue weighted by Gasteiger charge is 2.25. The monoisotopic (exact) mass is 305 g/mol. The van der Waals surface area contributed by atoms with Crippen LogP contribution in [0.5, 0.6) is 0 Å². The van der Waals surface area contributed by atoms with Crippen molar-refractivity contribution in [3.8, 4) is 0 Å². The third-order valence-electron chi connectivity index (χ3n) is 4.07. The highest BCUT2D eigenvalue weighted by Crippen LogP contribution is 2.23. The summed E-state index contributed by atoms with van der Waals surface area (Å²) in [6, 6.07) is 7.97. The Morgan fingerprint density at radius 3 is 2.59 bits per heavy atom. The fourth-order valence-corrected chi connectivity index (χ4v) is 2.62. The number of carbonyl (C=O) groups excluding carboxylic acids is 1. The van der Waals surface area contributed by atoms with Crippen molar-refractivity contribution in [1.82, 2.24) is 4.90 Å². The maximum Gasteiger partial charge on any atom is 0.254 e. The molecule has 1 unspecified atom stereocenters. The summed E-state index contributed by atoms with van der Waals surface area (Å²) in [5, 5.41) is 0. The van der Waals surface area contributed by atoms with Crippen LogP contribution >= 0.6 is 0 Å². The second kappa shape index (κ2) is 7.25. The van der Waals surface area contributed by atoms with Crippen LogP contribution in [-0.2, 0) is 14.9 Å². The van der Waals surface area contributed by atoms with Gasteiger partial charge in [0.2, 0.25) is 0 Å². The molecule has 1 fully saturated rings. The number of amides is 1. The van der Waals surface area contributed by atoms with Crippen molar-refractivity contribution in [2.75, 3.05) is 33.4 Å². The van der Waals surface area contributed by atoms with Gasteiger partial charge in [0.05, 0.1) is 12.7 Å². The minimum absolute atomic E-state index is 0.0755. The Hall–Kier alpha value is -1.39. The first-order valence-corrected chi connectivity index (χ1v) is 7.92. The van der Waals surface area contributed by atoms with Crippen molar-refractivity contribution < 1.29 is 14.3 Å². The van der Waals surface area contributed by atoms with E-state index in [9.17, 15) is 4.79 Å². The molecule has 0 saturated carbocycles. The van der Waals surface area contributed by atoms with E-state index in [2.05, 4.69) is 32.9 Å². The van der Waals surface area contributed by atoms with E-state index in [4.69, 9.17) is 9.47 Å². The van der Waals surface area contributed by atoms with Crippen LogP contribution in [0, 0.1) is 0 Å². The van der Waals surface area contributed by atoms with Gasteiger partial charge in [0.1, 0.15) is 0 Å². The molecule has 1 aliphatic heterocycles. The number of methoxy groups -OCH3 is 1. The molecule has 0 spiro atoms. The maximum atomic E-state index is 12.6. The molecule has 4 nitrogen and oxygen atoms in total. The average Bonchev–Trinajstić information content (AvgIpc) is 2.52. The van der Waals surface area contributed by atoms with Gasteiger partial charge in [0.25, 0.3) is 5.91 Å². The Morgan fingerprint density at radius 2 is 2.00 bits per heavy atom. The minimum atomic E-state index is 0.0755. The molecule has 122 valence electrons.